The van der Waals surface area contributed by atoms with Crippen LogP contribution in [0.25, 0.3) is 11.4 Å². The van der Waals surface area contributed by atoms with E-state index in [0.717, 1.165) is 25.9 Å². The molecule has 1 aliphatic heterocycles. The average molecular weight is 341 g/mol. The largest absolute Gasteiger partial charge is 0.317 e. The molecular weight excluding hydrogens is 327 g/mol. The van der Waals surface area contributed by atoms with E-state index in [-0.39, 0.29) is 5.02 Å². The van der Waals surface area contributed by atoms with Crippen molar-refractivity contribution in [1.82, 2.24) is 20.3 Å². The van der Waals surface area contributed by atoms with E-state index in [1.165, 1.54) is 24.0 Å². The molecule has 0 aromatic carbocycles. The molecule has 2 aromatic heterocycles. The SMILES string of the molecule is O=c1[nH]c(-c2ccnc(F)c2)nc(SC2CCNCC2)c1Cl. The van der Waals surface area contributed by atoms with Crippen LogP contribution in [0.2, 0.25) is 5.02 Å². The van der Waals surface area contributed by atoms with Gasteiger partial charge in [-0.2, -0.15) is 4.39 Å². The third-order valence-corrected chi connectivity index (χ3v) is 5.18. The van der Waals surface area contributed by atoms with E-state index in [0.29, 0.717) is 21.7 Å². The van der Waals surface area contributed by atoms with E-state index in [1.54, 1.807) is 6.07 Å². The summed E-state index contributed by atoms with van der Waals surface area (Å²) in [4.78, 5) is 22.5. The monoisotopic (exact) mass is 340 g/mol. The van der Waals surface area contributed by atoms with Crippen LogP contribution in [0.5, 0.6) is 0 Å². The van der Waals surface area contributed by atoms with Gasteiger partial charge < -0.3 is 10.3 Å². The van der Waals surface area contributed by atoms with E-state index < -0.39 is 11.5 Å². The van der Waals surface area contributed by atoms with Crippen molar-refractivity contribution in [2.45, 2.75) is 23.1 Å². The number of H-pyrrole nitrogens is 1. The summed E-state index contributed by atoms with van der Waals surface area (Å²) >= 11 is 7.58. The van der Waals surface area contributed by atoms with E-state index >= 15 is 0 Å². The lowest BCUT2D eigenvalue weighted by Gasteiger charge is -2.21. The first-order chi connectivity index (χ1) is 10.6. The highest BCUT2D eigenvalue weighted by atomic mass is 35.5. The number of pyridine rings is 1. The molecule has 5 nitrogen and oxygen atoms in total. The number of thioether (sulfide) groups is 1. The molecule has 0 atom stereocenters. The van der Waals surface area contributed by atoms with Gasteiger partial charge >= 0.3 is 0 Å². The predicted molar refractivity (Wildman–Crippen MR) is 84.8 cm³/mol. The fraction of sp³-hybridized carbons (Fsp3) is 0.357. The summed E-state index contributed by atoms with van der Waals surface area (Å²) in [5, 5.41) is 4.23. The molecule has 2 aromatic rings. The number of rotatable bonds is 3. The van der Waals surface area contributed by atoms with Crippen molar-refractivity contribution in [2.75, 3.05) is 13.1 Å². The molecule has 1 saturated heterocycles. The lowest BCUT2D eigenvalue weighted by molar-refractivity contribution is 0.531. The van der Waals surface area contributed by atoms with Crippen LogP contribution in [0.3, 0.4) is 0 Å². The molecule has 3 heterocycles. The van der Waals surface area contributed by atoms with E-state index in [1.807, 2.05) is 0 Å². The molecule has 0 spiro atoms. The minimum absolute atomic E-state index is 0.0850. The first-order valence-electron chi connectivity index (χ1n) is 6.92. The van der Waals surface area contributed by atoms with Gasteiger partial charge in [0.25, 0.3) is 5.56 Å². The third-order valence-electron chi connectivity index (χ3n) is 3.40. The second-order valence-electron chi connectivity index (χ2n) is 4.97. The zero-order valence-electron chi connectivity index (χ0n) is 11.6. The maximum absolute atomic E-state index is 13.2. The Labute approximate surface area is 135 Å². The molecule has 116 valence electrons. The molecule has 0 bridgehead atoms. The summed E-state index contributed by atoms with van der Waals surface area (Å²) in [6.45, 7) is 1.89. The van der Waals surface area contributed by atoms with E-state index in [4.69, 9.17) is 11.6 Å². The van der Waals surface area contributed by atoms with Crippen LogP contribution in [-0.4, -0.2) is 33.3 Å². The lowest BCUT2D eigenvalue weighted by atomic mass is 10.2. The smallest absolute Gasteiger partial charge is 0.271 e. The van der Waals surface area contributed by atoms with Crippen molar-refractivity contribution >= 4 is 23.4 Å². The van der Waals surface area contributed by atoms with Gasteiger partial charge in [-0.05, 0) is 32.0 Å². The van der Waals surface area contributed by atoms with Gasteiger partial charge in [0.05, 0.1) is 0 Å². The standard InChI is InChI=1S/C14H14ClFN4OS/c15-11-13(21)19-12(8-1-6-18-10(16)7-8)20-14(11)22-9-2-4-17-5-3-9/h1,6-7,9,17H,2-5H2,(H,19,20,21). The van der Waals surface area contributed by atoms with Crippen molar-refractivity contribution in [3.63, 3.8) is 0 Å². The number of nitrogens with zero attached hydrogens (tertiary/aromatic N) is 2. The van der Waals surface area contributed by atoms with Crippen molar-refractivity contribution in [3.05, 3.63) is 39.7 Å². The first kappa shape index (κ1) is 15.5. The molecule has 8 heteroatoms. The molecule has 0 aliphatic carbocycles. The maximum Gasteiger partial charge on any atom is 0.271 e. The molecule has 22 heavy (non-hydrogen) atoms. The molecule has 0 unspecified atom stereocenters. The summed E-state index contributed by atoms with van der Waals surface area (Å²) in [5.41, 5.74) is 0.0498. The van der Waals surface area contributed by atoms with Crippen LogP contribution in [0.4, 0.5) is 4.39 Å². The number of aromatic nitrogens is 3. The Kier molecular flexibility index (Phi) is 4.75. The topological polar surface area (TPSA) is 70.7 Å². The quantitative estimate of drug-likeness (QED) is 0.663. The zero-order valence-corrected chi connectivity index (χ0v) is 13.2. The number of nitrogens with one attached hydrogen (secondary N) is 2. The Hall–Kier alpha value is -1.44. The van der Waals surface area contributed by atoms with Crippen LogP contribution < -0.4 is 10.9 Å². The normalized spacial score (nSPS) is 15.9. The molecule has 0 radical (unpaired) electrons. The summed E-state index contributed by atoms with van der Waals surface area (Å²) in [6.07, 6.45) is 3.32. The Balaban J connectivity index is 1.94. The van der Waals surface area contributed by atoms with Gasteiger partial charge in [-0.15, -0.1) is 11.8 Å². The zero-order chi connectivity index (χ0) is 15.5. The van der Waals surface area contributed by atoms with Gasteiger partial charge in [-0.25, -0.2) is 9.97 Å². The predicted octanol–water partition coefficient (Wildman–Crippen LogP) is 2.47. The molecule has 3 rings (SSSR count). The third kappa shape index (κ3) is 3.48. The molecule has 1 fully saturated rings. The van der Waals surface area contributed by atoms with Crippen LogP contribution in [0.1, 0.15) is 12.8 Å². The average Bonchev–Trinajstić information content (AvgIpc) is 2.52. The van der Waals surface area contributed by atoms with Gasteiger partial charge in [0.2, 0.25) is 5.95 Å². The van der Waals surface area contributed by atoms with Gasteiger partial charge in [0.15, 0.2) is 0 Å². The highest BCUT2D eigenvalue weighted by molar-refractivity contribution is 8.00. The number of hydrogen-bond donors (Lipinski definition) is 2. The fourth-order valence-electron chi connectivity index (χ4n) is 2.27. The highest BCUT2D eigenvalue weighted by Gasteiger charge is 2.19. The summed E-state index contributed by atoms with van der Waals surface area (Å²) in [6, 6.07) is 2.82. The van der Waals surface area contributed by atoms with Crippen LogP contribution in [-0.2, 0) is 0 Å². The van der Waals surface area contributed by atoms with Gasteiger partial charge in [-0.1, -0.05) is 11.6 Å². The van der Waals surface area contributed by atoms with E-state index in [9.17, 15) is 9.18 Å². The van der Waals surface area contributed by atoms with Crippen molar-refractivity contribution in [2.24, 2.45) is 0 Å². The van der Waals surface area contributed by atoms with Crippen LogP contribution in [0.15, 0.2) is 28.2 Å². The number of piperidine rings is 1. The fourth-order valence-corrected chi connectivity index (χ4v) is 3.62. The lowest BCUT2D eigenvalue weighted by Crippen LogP contribution is -2.29. The summed E-state index contributed by atoms with van der Waals surface area (Å²) in [7, 11) is 0. The molecule has 2 N–H and O–H groups in total. The minimum Gasteiger partial charge on any atom is -0.317 e. The highest BCUT2D eigenvalue weighted by Crippen LogP contribution is 2.31. The Morgan fingerprint density at radius 3 is 2.86 bits per heavy atom. The Bertz CT molecular complexity index is 733. The Morgan fingerprint density at radius 1 is 1.36 bits per heavy atom. The molecule has 0 saturated carbocycles. The first-order valence-corrected chi connectivity index (χ1v) is 8.18. The molecule has 0 amide bonds. The van der Waals surface area contributed by atoms with Crippen molar-refractivity contribution < 1.29 is 4.39 Å². The molecule has 1 aliphatic rings. The summed E-state index contributed by atoms with van der Waals surface area (Å²) < 4.78 is 13.2. The van der Waals surface area contributed by atoms with Gasteiger partial charge in [0.1, 0.15) is 15.9 Å². The molecular formula is C14H14ClFN4OS. The second-order valence-corrected chi connectivity index (χ2v) is 6.64. The van der Waals surface area contributed by atoms with Crippen molar-refractivity contribution in [3.8, 4) is 11.4 Å². The number of hydrogen-bond acceptors (Lipinski definition) is 5. The van der Waals surface area contributed by atoms with E-state index in [2.05, 4.69) is 20.3 Å². The second kappa shape index (κ2) is 6.76. The number of aromatic amines is 1. The minimum atomic E-state index is -0.623. The van der Waals surface area contributed by atoms with Gasteiger partial charge in [-0.3, -0.25) is 4.79 Å². The van der Waals surface area contributed by atoms with Crippen LogP contribution in [0, 0.1) is 5.95 Å². The Morgan fingerprint density at radius 2 is 2.14 bits per heavy atom. The van der Waals surface area contributed by atoms with Crippen LogP contribution >= 0.6 is 23.4 Å². The van der Waals surface area contributed by atoms with Crippen molar-refractivity contribution in [1.29, 1.82) is 0 Å². The maximum atomic E-state index is 13.2. The summed E-state index contributed by atoms with van der Waals surface area (Å²) in [5.74, 6) is -0.324. The number of halogens is 2. The van der Waals surface area contributed by atoms with Gasteiger partial charge in [0, 0.05) is 23.1 Å².